The number of ether oxygens (including phenoxy) is 1. The predicted octanol–water partition coefficient (Wildman–Crippen LogP) is 3.62. The lowest BCUT2D eigenvalue weighted by atomic mass is 10.2. The Labute approximate surface area is 124 Å². The number of benzene rings is 1. The number of furan rings is 1. The largest absolute Gasteiger partial charge is 0.494 e. The van der Waals surface area contributed by atoms with E-state index in [1.165, 1.54) is 0 Å². The molecular weight excluding hydrogens is 268 g/mol. The maximum absolute atomic E-state index is 11.8. The number of carbonyl (C=O) groups is 1. The van der Waals surface area contributed by atoms with Gasteiger partial charge in [0, 0.05) is 17.8 Å². The monoisotopic (exact) mass is 288 g/mol. The van der Waals surface area contributed by atoms with E-state index in [9.17, 15) is 4.79 Å². The maximum atomic E-state index is 11.8. The van der Waals surface area contributed by atoms with Crippen LogP contribution in [0.4, 0.5) is 10.5 Å². The molecule has 21 heavy (non-hydrogen) atoms. The van der Waals surface area contributed by atoms with E-state index in [0.29, 0.717) is 13.2 Å². The number of anilines is 1. The third-order valence-corrected chi connectivity index (χ3v) is 3.01. The second kappa shape index (κ2) is 6.83. The minimum absolute atomic E-state index is 0.252. The number of rotatable bonds is 5. The van der Waals surface area contributed by atoms with E-state index >= 15 is 0 Å². The lowest BCUT2D eigenvalue weighted by molar-refractivity contribution is 0.251. The molecule has 1 heterocycles. The zero-order valence-electron chi connectivity index (χ0n) is 12.5. The van der Waals surface area contributed by atoms with Crippen LogP contribution in [0.15, 0.2) is 34.7 Å². The molecule has 2 rings (SSSR count). The van der Waals surface area contributed by atoms with Crippen molar-refractivity contribution in [3.63, 3.8) is 0 Å². The molecule has 2 aromatic rings. The van der Waals surface area contributed by atoms with Crippen molar-refractivity contribution in [1.29, 1.82) is 0 Å². The van der Waals surface area contributed by atoms with Crippen LogP contribution >= 0.6 is 0 Å². The normalized spacial score (nSPS) is 10.2. The fourth-order valence-corrected chi connectivity index (χ4v) is 2.01. The molecule has 0 unspecified atom stereocenters. The van der Waals surface area contributed by atoms with Crippen molar-refractivity contribution in [1.82, 2.24) is 5.32 Å². The van der Waals surface area contributed by atoms with Crippen molar-refractivity contribution in [2.75, 3.05) is 11.9 Å². The molecule has 2 amide bonds. The van der Waals surface area contributed by atoms with Gasteiger partial charge in [-0.15, -0.1) is 0 Å². The van der Waals surface area contributed by atoms with Crippen molar-refractivity contribution in [2.24, 2.45) is 0 Å². The highest BCUT2D eigenvalue weighted by Gasteiger charge is 2.07. The van der Waals surface area contributed by atoms with Gasteiger partial charge in [-0.3, -0.25) is 0 Å². The number of nitrogens with one attached hydrogen (secondary N) is 2. The Morgan fingerprint density at radius 2 is 1.95 bits per heavy atom. The van der Waals surface area contributed by atoms with Gasteiger partial charge in [0.15, 0.2) is 0 Å². The molecule has 5 nitrogen and oxygen atoms in total. The van der Waals surface area contributed by atoms with Gasteiger partial charge in [0.1, 0.15) is 17.3 Å². The molecule has 0 saturated carbocycles. The Hall–Kier alpha value is -2.43. The molecule has 2 N–H and O–H groups in total. The first-order valence-corrected chi connectivity index (χ1v) is 6.92. The summed E-state index contributed by atoms with van der Waals surface area (Å²) >= 11 is 0. The molecule has 0 spiro atoms. The number of hydrogen-bond acceptors (Lipinski definition) is 3. The minimum atomic E-state index is -0.252. The van der Waals surface area contributed by atoms with Gasteiger partial charge in [-0.2, -0.15) is 0 Å². The molecule has 5 heteroatoms. The smallest absolute Gasteiger partial charge is 0.319 e. The summed E-state index contributed by atoms with van der Waals surface area (Å²) in [4.78, 5) is 11.8. The quantitative estimate of drug-likeness (QED) is 0.883. The summed E-state index contributed by atoms with van der Waals surface area (Å²) in [6.45, 7) is 6.76. The molecule has 0 atom stereocenters. The van der Waals surface area contributed by atoms with Gasteiger partial charge in [-0.1, -0.05) is 0 Å². The van der Waals surface area contributed by atoms with Gasteiger partial charge in [-0.25, -0.2) is 4.79 Å². The van der Waals surface area contributed by atoms with Gasteiger partial charge < -0.3 is 19.8 Å². The summed E-state index contributed by atoms with van der Waals surface area (Å²) in [5.41, 5.74) is 1.70. The van der Waals surface area contributed by atoms with Crippen molar-refractivity contribution in [3.8, 4) is 5.75 Å². The molecule has 0 fully saturated rings. The zero-order valence-corrected chi connectivity index (χ0v) is 12.5. The standard InChI is InChI=1S/C16H20N2O3/c1-4-20-15-7-5-14(6-8-15)18-16(19)17-10-13-9-11(2)21-12(13)3/h5-9H,4,10H2,1-3H3,(H2,17,18,19). The topological polar surface area (TPSA) is 63.5 Å². The lowest BCUT2D eigenvalue weighted by Gasteiger charge is -2.08. The first kappa shape index (κ1) is 15.0. The molecule has 0 aliphatic heterocycles. The number of amides is 2. The molecule has 1 aromatic carbocycles. The van der Waals surface area contributed by atoms with Crippen LogP contribution in [0.25, 0.3) is 0 Å². The fourth-order valence-electron chi connectivity index (χ4n) is 2.01. The van der Waals surface area contributed by atoms with Crippen LogP contribution in [0.2, 0.25) is 0 Å². The minimum Gasteiger partial charge on any atom is -0.494 e. The first-order chi connectivity index (χ1) is 10.1. The highest BCUT2D eigenvalue weighted by atomic mass is 16.5. The number of urea groups is 1. The van der Waals surface area contributed by atoms with Crippen molar-refractivity contribution < 1.29 is 13.9 Å². The van der Waals surface area contributed by atoms with Crippen LogP contribution in [0.5, 0.6) is 5.75 Å². The molecule has 0 aliphatic carbocycles. The number of hydrogen-bond donors (Lipinski definition) is 2. The van der Waals surface area contributed by atoms with E-state index in [1.807, 2.05) is 39.0 Å². The molecule has 0 saturated heterocycles. The number of carbonyl (C=O) groups excluding carboxylic acids is 1. The Balaban J connectivity index is 1.85. The first-order valence-electron chi connectivity index (χ1n) is 6.92. The van der Waals surface area contributed by atoms with Crippen LogP contribution in [-0.4, -0.2) is 12.6 Å². The average molecular weight is 288 g/mol. The Kier molecular flexibility index (Phi) is 4.87. The van der Waals surface area contributed by atoms with Gasteiger partial charge in [0.25, 0.3) is 0 Å². The van der Waals surface area contributed by atoms with Crippen LogP contribution in [0, 0.1) is 13.8 Å². The molecule has 0 aliphatic rings. The summed E-state index contributed by atoms with van der Waals surface area (Å²) in [5, 5.41) is 5.57. The van der Waals surface area contributed by atoms with E-state index in [-0.39, 0.29) is 6.03 Å². The highest BCUT2D eigenvalue weighted by Crippen LogP contribution is 2.16. The van der Waals surface area contributed by atoms with E-state index in [1.54, 1.807) is 12.1 Å². The Morgan fingerprint density at radius 1 is 1.24 bits per heavy atom. The number of aryl methyl sites for hydroxylation is 2. The second-order valence-corrected chi connectivity index (χ2v) is 4.70. The van der Waals surface area contributed by atoms with Gasteiger partial charge in [0.2, 0.25) is 0 Å². The van der Waals surface area contributed by atoms with Crippen molar-refractivity contribution >= 4 is 11.7 Å². The van der Waals surface area contributed by atoms with Crippen LogP contribution in [0.1, 0.15) is 24.0 Å². The van der Waals surface area contributed by atoms with E-state index < -0.39 is 0 Å². The van der Waals surface area contributed by atoms with Crippen molar-refractivity contribution in [2.45, 2.75) is 27.3 Å². The molecular formula is C16H20N2O3. The predicted molar refractivity (Wildman–Crippen MR) is 81.7 cm³/mol. The summed E-state index contributed by atoms with van der Waals surface area (Å²) in [7, 11) is 0. The van der Waals surface area contributed by atoms with Crippen LogP contribution in [0.3, 0.4) is 0 Å². The lowest BCUT2D eigenvalue weighted by Crippen LogP contribution is -2.28. The van der Waals surface area contributed by atoms with E-state index in [4.69, 9.17) is 9.15 Å². The molecule has 112 valence electrons. The van der Waals surface area contributed by atoms with Gasteiger partial charge in [-0.05, 0) is 51.1 Å². The Morgan fingerprint density at radius 3 is 2.52 bits per heavy atom. The summed E-state index contributed by atoms with van der Waals surface area (Å²) in [6.07, 6.45) is 0. The third kappa shape index (κ3) is 4.27. The molecule has 1 aromatic heterocycles. The summed E-state index contributed by atoms with van der Waals surface area (Å²) < 4.78 is 10.8. The fraction of sp³-hybridized carbons (Fsp3) is 0.312. The second-order valence-electron chi connectivity index (χ2n) is 4.70. The third-order valence-electron chi connectivity index (χ3n) is 3.01. The van der Waals surface area contributed by atoms with Crippen LogP contribution < -0.4 is 15.4 Å². The molecule has 0 radical (unpaired) electrons. The highest BCUT2D eigenvalue weighted by molar-refractivity contribution is 5.89. The SMILES string of the molecule is CCOc1ccc(NC(=O)NCc2cc(C)oc2C)cc1. The van der Waals surface area contributed by atoms with E-state index in [2.05, 4.69) is 10.6 Å². The van der Waals surface area contributed by atoms with Crippen LogP contribution in [-0.2, 0) is 6.54 Å². The van der Waals surface area contributed by atoms with E-state index in [0.717, 1.165) is 28.5 Å². The summed E-state index contributed by atoms with van der Waals surface area (Å²) in [6, 6.07) is 8.92. The van der Waals surface area contributed by atoms with Crippen molar-refractivity contribution in [3.05, 3.63) is 47.4 Å². The molecule has 0 bridgehead atoms. The zero-order chi connectivity index (χ0) is 15.2. The van der Waals surface area contributed by atoms with Gasteiger partial charge in [0.05, 0.1) is 6.61 Å². The average Bonchev–Trinajstić information content (AvgIpc) is 2.77. The summed E-state index contributed by atoms with van der Waals surface area (Å²) in [5.74, 6) is 2.46. The Bertz CT molecular complexity index is 602. The maximum Gasteiger partial charge on any atom is 0.319 e. The van der Waals surface area contributed by atoms with Gasteiger partial charge >= 0.3 is 6.03 Å².